The van der Waals surface area contributed by atoms with Gasteiger partial charge in [0.25, 0.3) is 0 Å². The Kier molecular flexibility index (Phi) is 4.44. The monoisotopic (exact) mass is 335 g/mol. The van der Waals surface area contributed by atoms with Crippen molar-refractivity contribution in [1.82, 2.24) is 5.32 Å². The van der Waals surface area contributed by atoms with Gasteiger partial charge in [0, 0.05) is 16.5 Å². The standard InChI is InChI=1S/C21H21NOS/c23-20-17-13-7-8-14-18(17)24-21(20)19(15-9-3-1-4-10-15)22-16-11-5-2-6-12-16/h1,3-4,7-10,13-14,16,22H,2,5-6,11-12H2. The zero-order valence-corrected chi connectivity index (χ0v) is 14.4. The summed E-state index contributed by atoms with van der Waals surface area (Å²) in [4.78, 5) is 14.8. The number of nitrogens with one attached hydrogen (secondary N) is 1. The van der Waals surface area contributed by atoms with Gasteiger partial charge in [-0.25, -0.2) is 0 Å². The van der Waals surface area contributed by atoms with Crippen molar-refractivity contribution in [2.75, 3.05) is 0 Å². The maximum atomic E-state index is 12.9. The Bertz CT molecular complexity index is 775. The van der Waals surface area contributed by atoms with Crippen LogP contribution in [0.15, 0.2) is 64.4 Å². The number of fused-ring (bicyclic) bond motifs is 1. The van der Waals surface area contributed by atoms with Gasteiger partial charge >= 0.3 is 0 Å². The van der Waals surface area contributed by atoms with E-state index in [2.05, 4.69) is 17.4 Å². The van der Waals surface area contributed by atoms with E-state index >= 15 is 0 Å². The second kappa shape index (κ2) is 6.86. The van der Waals surface area contributed by atoms with E-state index in [1.807, 2.05) is 42.5 Å². The maximum Gasteiger partial charge on any atom is 0.202 e. The Morgan fingerprint density at radius 3 is 2.38 bits per heavy atom. The topological polar surface area (TPSA) is 29.1 Å². The van der Waals surface area contributed by atoms with E-state index in [1.54, 1.807) is 11.8 Å². The molecule has 3 heteroatoms. The number of rotatable bonds is 3. The molecular formula is C21H21NOS. The third-order valence-electron chi connectivity index (χ3n) is 4.79. The third-order valence-corrected chi connectivity index (χ3v) is 5.96. The summed E-state index contributed by atoms with van der Waals surface area (Å²) in [6.07, 6.45) is 6.26. The Morgan fingerprint density at radius 1 is 0.917 bits per heavy atom. The number of hydrogen-bond donors (Lipinski definition) is 1. The van der Waals surface area contributed by atoms with Crippen LogP contribution in [0.4, 0.5) is 0 Å². The van der Waals surface area contributed by atoms with Crippen LogP contribution in [-0.4, -0.2) is 11.8 Å². The second-order valence-corrected chi connectivity index (χ2v) is 7.53. The molecule has 0 aromatic heterocycles. The molecule has 122 valence electrons. The van der Waals surface area contributed by atoms with E-state index in [0.29, 0.717) is 6.04 Å². The smallest absolute Gasteiger partial charge is 0.202 e. The summed E-state index contributed by atoms with van der Waals surface area (Å²) in [5.41, 5.74) is 2.94. The van der Waals surface area contributed by atoms with E-state index in [0.717, 1.165) is 26.6 Å². The number of carbonyl (C=O) groups is 1. The van der Waals surface area contributed by atoms with Crippen molar-refractivity contribution < 1.29 is 4.79 Å². The van der Waals surface area contributed by atoms with Gasteiger partial charge in [-0.2, -0.15) is 0 Å². The fourth-order valence-corrected chi connectivity index (χ4v) is 4.64. The van der Waals surface area contributed by atoms with Crippen molar-refractivity contribution in [3.63, 3.8) is 0 Å². The van der Waals surface area contributed by atoms with Gasteiger partial charge < -0.3 is 5.32 Å². The van der Waals surface area contributed by atoms with Crippen molar-refractivity contribution in [2.24, 2.45) is 0 Å². The molecule has 1 aliphatic carbocycles. The molecule has 1 N–H and O–H groups in total. The fraction of sp³-hybridized carbons (Fsp3) is 0.286. The lowest BCUT2D eigenvalue weighted by molar-refractivity contribution is 0.104. The van der Waals surface area contributed by atoms with Gasteiger partial charge in [0.05, 0.1) is 10.6 Å². The highest BCUT2D eigenvalue weighted by Crippen LogP contribution is 2.43. The number of ketones is 1. The fourth-order valence-electron chi connectivity index (χ4n) is 3.52. The molecular weight excluding hydrogens is 314 g/mol. The van der Waals surface area contributed by atoms with Crippen LogP contribution in [0.1, 0.15) is 48.0 Å². The molecule has 2 aromatic carbocycles. The van der Waals surface area contributed by atoms with E-state index in [1.165, 1.54) is 32.1 Å². The van der Waals surface area contributed by atoms with Crippen LogP contribution >= 0.6 is 11.8 Å². The quantitative estimate of drug-likeness (QED) is 0.775. The Balaban J connectivity index is 1.74. The molecule has 2 nitrogen and oxygen atoms in total. The molecule has 0 unspecified atom stereocenters. The van der Waals surface area contributed by atoms with Gasteiger partial charge in [0.15, 0.2) is 0 Å². The summed E-state index contributed by atoms with van der Waals surface area (Å²) in [6.45, 7) is 0. The summed E-state index contributed by atoms with van der Waals surface area (Å²) >= 11 is 1.60. The molecule has 2 aliphatic rings. The third kappa shape index (κ3) is 3.01. The number of allylic oxidation sites excluding steroid dienone is 1. The Labute approximate surface area is 147 Å². The molecule has 1 heterocycles. The lowest BCUT2D eigenvalue weighted by atomic mass is 9.94. The molecule has 0 bridgehead atoms. The van der Waals surface area contributed by atoms with Crippen LogP contribution < -0.4 is 5.32 Å². The average Bonchev–Trinajstić information content (AvgIpc) is 2.98. The van der Waals surface area contributed by atoms with E-state index < -0.39 is 0 Å². The molecule has 0 spiro atoms. The van der Waals surface area contributed by atoms with Crippen LogP contribution in [-0.2, 0) is 0 Å². The minimum absolute atomic E-state index is 0.151. The Hall–Kier alpha value is -2.00. The molecule has 2 aromatic rings. The molecule has 0 saturated heterocycles. The van der Waals surface area contributed by atoms with Gasteiger partial charge in [0.1, 0.15) is 0 Å². The minimum Gasteiger partial charge on any atom is -0.381 e. The van der Waals surface area contributed by atoms with Crippen LogP contribution in [0.2, 0.25) is 0 Å². The SMILES string of the molecule is O=C1C(=C(NC2CCCCC2)c2ccccc2)Sc2ccccc21. The van der Waals surface area contributed by atoms with Crippen LogP contribution in [0.3, 0.4) is 0 Å². The van der Waals surface area contributed by atoms with E-state index in [-0.39, 0.29) is 5.78 Å². The van der Waals surface area contributed by atoms with Crippen molar-refractivity contribution in [2.45, 2.75) is 43.0 Å². The van der Waals surface area contributed by atoms with Crippen molar-refractivity contribution in [3.8, 4) is 0 Å². The zero-order chi connectivity index (χ0) is 16.4. The Morgan fingerprint density at radius 2 is 1.62 bits per heavy atom. The predicted octanol–water partition coefficient (Wildman–Crippen LogP) is 5.27. The summed E-state index contributed by atoms with van der Waals surface area (Å²) in [6, 6.07) is 18.7. The van der Waals surface area contributed by atoms with Gasteiger partial charge in [-0.3, -0.25) is 4.79 Å². The highest BCUT2D eigenvalue weighted by atomic mass is 32.2. The first-order valence-corrected chi connectivity index (χ1v) is 9.52. The summed E-state index contributed by atoms with van der Waals surface area (Å²) in [5, 5.41) is 3.72. The van der Waals surface area contributed by atoms with Crippen molar-refractivity contribution in [1.29, 1.82) is 0 Å². The highest BCUT2D eigenvalue weighted by Gasteiger charge is 2.30. The molecule has 24 heavy (non-hydrogen) atoms. The molecule has 1 aliphatic heterocycles. The van der Waals surface area contributed by atoms with Gasteiger partial charge in [-0.05, 0) is 30.5 Å². The minimum atomic E-state index is 0.151. The lowest BCUT2D eigenvalue weighted by Gasteiger charge is -2.26. The van der Waals surface area contributed by atoms with Crippen LogP contribution in [0, 0.1) is 0 Å². The number of carbonyl (C=O) groups excluding carboxylic acids is 1. The average molecular weight is 335 g/mol. The van der Waals surface area contributed by atoms with Crippen LogP contribution in [0.25, 0.3) is 5.70 Å². The van der Waals surface area contributed by atoms with Gasteiger partial charge in [0.2, 0.25) is 5.78 Å². The number of hydrogen-bond acceptors (Lipinski definition) is 3. The van der Waals surface area contributed by atoms with Gasteiger partial charge in [-0.15, -0.1) is 0 Å². The zero-order valence-electron chi connectivity index (χ0n) is 13.6. The van der Waals surface area contributed by atoms with Crippen molar-refractivity contribution in [3.05, 3.63) is 70.6 Å². The van der Waals surface area contributed by atoms with E-state index in [4.69, 9.17) is 0 Å². The normalized spacial score (nSPS) is 19.9. The van der Waals surface area contributed by atoms with Gasteiger partial charge in [-0.1, -0.05) is 73.5 Å². The van der Waals surface area contributed by atoms with Crippen LogP contribution in [0.5, 0.6) is 0 Å². The summed E-state index contributed by atoms with van der Waals surface area (Å²) in [7, 11) is 0. The second-order valence-electron chi connectivity index (χ2n) is 6.48. The lowest BCUT2D eigenvalue weighted by Crippen LogP contribution is -2.30. The van der Waals surface area contributed by atoms with E-state index in [9.17, 15) is 4.79 Å². The molecule has 0 amide bonds. The molecule has 1 fully saturated rings. The summed E-state index contributed by atoms with van der Waals surface area (Å²) in [5.74, 6) is 0.151. The highest BCUT2D eigenvalue weighted by molar-refractivity contribution is 8.05. The molecule has 0 radical (unpaired) electrons. The number of Topliss-reactive ketones (excluding diaryl/α,β-unsaturated/α-hetero) is 1. The first-order valence-electron chi connectivity index (χ1n) is 8.71. The maximum absolute atomic E-state index is 12.9. The first kappa shape index (κ1) is 15.5. The molecule has 4 rings (SSSR count). The number of benzene rings is 2. The number of thioether (sulfide) groups is 1. The molecule has 1 saturated carbocycles. The molecule has 0 atom stereocenters. The largest absolute Gasteiger partial charge is 0.381 e. The van der Waals surface area contributed by atoms with Crippen molar-refractivity contribution >= 4 is 23.2 Å². The summed E-state index contributed by atoms with van der Waals surface area (Å²) < 4.78 is 0. The first-order chi connectivity index (χ1) is 11.8. The predicted molar refractivity (Wildman–Crippen MR) is 100 cm³/mol.